The molecule has 0 amide bonds. The van der Waals surface area contributed by atoms with E-state index in [9.17, 15) is 0 Å². The Morgan fingerprint density at radius 2 is 2.21 bits per heavy atom. The van der Waals surface area contributed by atoms with E-state index in [4.69, 9.17) is 9.26 Å². The average Bonchev–Trinajstić information content (AvgIpc) is 3.23. The predicted octanol–water partition coefficient (Wildman–Crippen LogP) is 2.84. The molecule has 1 aliphatic carbocycles. The fourth-order valence-electron chi connectivity index (χ4n) is 3.11. The van der Waals surface area contributed by atoms with Gasteiger partial charge in [0.25, 0.3) is 0 Å². The Hall–Kier alpha value is -2.06. The average molecular weight is 343 g/mol. The van der Waals surface area contributed by atoms with Crippen molar-refractivity contribution in [3.8, 4) is 0 Å². The summed E-state index contributed by atoms with van der Waals surface area (Å²) < 4.78 is 11.3. The second-order valence-corrected chi connectivity index (χ2v) is 7.22. The molecular weight excluding hydrogens is 326 g/mol. The number of aromatic nitrogens is 4. The van der Waals surface area contributed by atoms with Gasteiger partial charge in [-0.3, -0.25) is 0 Å². The molecule has 0 N–H and O–H groups in total. The molecule has 0 radical (unpaired) electrons. The Labute approximate surface area is 142 Å². The van der Waals surface area contributed by atoms with Crippen LogP contribution in [0, 0.1) is 6.92 Å². The normalized spacial score (nSPS) is 21.5. The van der Waals surface area contributed by atoms with Crippen molar-refractivity contribution in [1.29, 1.82) is 0 Å². The van der Waals surface area contributed by atoms with Crippen molar-refractivity contribution < 1.29 is 9.26 Å². The van der Waals surface area contributed by atoms with Crippen molar-refractivity contribution in [1.82, 2.24) is 20.1 Å². The zero-order valence-corrected chi connectivity index (χ0v) is 14.1. The number of anilines is 1. The highest BCUT2D eigenvalue weighted by atomic mass is 32.1. The van der Waals surface area contributed by atoms with E-state index in [2.05, 4.69) is 37.3 Å². The summed E-state index contributed by atoms with van der Waals surface area (Å²) in [5, 5.41) is 7.39. The number of hydrogen-bond donors (Lipinski definition) is 0. The van der Waals surface area contributed by atoms with Crippen LogP contribution in [0.4, 0.5) is 5.82 Å². The van der Waals surface area contributed by atoms with E-state index in [1.165, 1.54) is 5.56 Å². The molecule has 1 aliphatic heterocycles. The van der Waals surface area contributed by atoms with Gasteiger partial charge in [0, 0.05) is 12.5 Å². The molecule has 24 heavy (non-hydrogen) atoms. The van der Waals surface area contributed by atoms with Gasteiger partial charge in [0.05, 0.1) is 18.5 Å². The summed E-state index contributed by atoms with van der Waals surface area (Å²) in [5.74, 6) is 2.83. The van der Waals surface area contributed by atoms with Crippen molar-refractivity contribution in [3.05, 3.63) is 29.0 Å². The minimum atomic E-state index is -0.182. The molecule has 1 unspecified atom stereocenters. The van der Waals surface area contributed by atoms with Gasteiger partial charge in [-0.05, 0) is 30.7 Å². The minimum Gasteiger partial charge on any atom is -0.366 e. The fraction of sp³-hybridized carbons (Fsp3) is 0.500. The first-order chi connectivity index (χ1) is 11.8. The van der Waals surface area contributed by atoms with Crippen LogP contribution in [0.3, 0.4) is 0 Å². The summed E-state index contributed by atoms with van der Waals surface area (Å²) in [6.07, 6.45) is 3.75. The van der Waals surface area contributed by atoms with E-state index in [1.807, 2.05) is 0 Å². The van der Waals surface area contributed by atoms with Gasteiger partial charge in [0.15, 0.2) is 0 Å². The van der Waals surface area contributed by atoms with Crippen LogP contribution in [0.2, 0.25) is 0 Å². The van der Waals surface area contributed by atoms with Gasteiger partial charge < -0.3 is 14.2 Å². The van der Waals surface area contributed by atoms with Gasteiger partial charge >= 0.3 is 0 Å². The molecule has 4 heterocycles. The molecule has 0 bridgehead atoms. The van der Waals surface area contributed by atoms with E-state index in [0.717, 1.165) is 41.3 Å². The summed E-state index contributed by atoms with van der Waals surface area (Å²) in [5.41, 5.74) is 1.21. The SMILES string of the molecule is Cc1csc2ncnc(N3CCOC(c4noc(C5CC5)n4)C3)c12. The van der Waals surface area contributed by atoms with Crippen LogP contribution in [0.1, 0.15) is 42.1 Å². The summed E-state index contributed by atoms with van der Waals surface area (Å²) >= 11 is 1.65. The van der Waals surface area contributed by atoms with Crippen molar-refractivity contribution in [3.63, 3.8) is 0 Å². The number of fused-ring (bicyclic) bond motifs is 1. The Morgan fingerprint density at radius 3 is 3.08 bits per heavy atom. The van der Waals surface area contributed by atoms with Crippen molar-refractivity contribution in [2.75, 3.05) is 24.6 Å². The number of aryl methyl sites for hydroxylation is 1. The largest absolute Gasteiger partial charge is 0.366 e. The lowest BCUT2D eigenvalue weighted by molar-refractivity contribution is 0.0324. The number of ether oxygens (including phenoxy) is 1. The smallest absolute Gasteiger partial charge is 0.229 e. The van der Waals surface area contributed by atoms with Crippen LogP contribution in [0.25, 0.3) is 10.2 Å². The number of rotatable bonds is 3. The lowest BCUT2D eigenvalue weighted by Gasteiger charge is -2.32. The molecule has 3 aromatic heterocycles. The number of hydrogen-bond acceptors (Lipinski definition) is 8. The molecular formula is C16H17N5O2S. The van der Waals surface area contributed by atoms with Gasteiger partial charge in [-0.25, -0.2) is 9.97 Å². The summed E-state index contributed by atoms with van der Waals surface area (Å²) in [7, 11) is 0. The van der Waals surface area contributed by atoms with Crippen LogP contribution in [0.5, 0.6) is 0 Å². The first-order valence-corrected chi connectivity index (χ1v) is 9.06. The molecule has 1 saturated carbocycles. The molecule has 5 rings (SSSR count). The quantitative estimate of drug-likeness (QED) is 0.723. The highest BCUT2D eigenvalue weighted by Crippen LogP contribution is 2.39. The second kappa shape index (κ2) is 5.49. The third-order valence-electron chi connectivity index (χ3n) is 4.57. The zero-order valence-electron chi connectivity index (χ0n) is 13.3. The van der Waals surface area contributed by atoms with Crippen molar-refractivity contribution >= 4 is 27.4 Å². The molecule has 0 aromatic carbocycles. The summed E-state index contributed by atoms with van der Waals surface area (Å²) in [6.45, 7) is 4.19. The molecule has 7 nitrogen and oxygen atoms in total. The van der Waals surface area contributed by atoms with Crippen molar-refractivity contribution in [2.45, 2.75) is 31.8 Å². The Bertz CT molecular complexity index is 888. The number of morpholine rings is 1. The molecule has 1 atom stereocenters. The third kappa shape index (κ3) is 2.37. The van der Waals surface area contributed by atoms with Crippen LogP contribution in [-0.4, -0.2) is 39.8 Å². The van der Waals surface area contributed by atoms with E-state index < -0.39 is 0 Å². The van der Waals surface area contributed by atoms with Crippen LogP contribution >= 0.6 is 11.3 Å². The lowest BCUT2D eigenvalue weighted by atomic mass is 10.2. The van der Waals surface area contributed by atoms with E-state index >= 15 is 0 Å². The van der Waals surface area contributed by atoms with E-state index in [1.54, 1.807) is 17.7 Å². The van der Waals surface area contributed by atoms with Crippen molar-refractivity contribution in [2.24, 2.45) is 0 Å². The van der Waals surface area contributed by atoms with Gasteiger partial charge in [0.2, 0.25) is 11.7 Å². The Balaban J connectivity index is 1.44. The highest BCUT2D eigenvalue weighted by molar-refractivity contribution is 7.17. The van der Waals surface area contributed by atoms with Gasteiger partial charge in [0.1, 0.15) is 23.1 Å². The molecule has 3 aromatic rings. The number of nitrogens with zero attached hydrogens (tertiary/aromatic N) is 5. The predicted molar refractivity (Wildman–Crippen MR) is 89.3 cm³/mol. The summed E-state index contributed by atoms with van der Waals surface area (Å²) in [6, 6.07) is 0. The zero-order chi connectivity index (χ0) is 16.1. The van der Waals surface area contributed by atoms with Gasteiger partial charge in [-0.2, -0.15) is 4.98 Å². The standard InChI is InChI=1S/C16H17N5O2S/c1-9-7-24-16-12(9)14(17-8-18-16)21-4-5-22-11(6-21)13-19-15(23-20-13)10-2-3-10/h7-8,10-11H,2-6H2,1H3. The molecule has 2 fully saturated rings. The molecule has 8 heteroatoms. The molecule has 124 valence electrons. The van der Waals surface area contributed by atoms with Gasteiger partial charge in [-0.1, -0.05) is 5.16 Å². The maximum atomic E-state index is 5.89. The molecule has 1 saturated heterocycles. The van der Waals surface area contributed by atoms with E-state index in [-0.39, 0.29) is 6.10 Å². The van der Waals surface area contributed by atoms with Crippen LogP contribution in [0.15, 0.2) is 16.2 Å². The molecule has 0 spiro atoms. The first-order valence-electron chi connectivity index (χ1n) is 8.18. The van der Waals surface area contributed by atoms with Gasteiger partial charge in [-0.15, -0.1) is 11.3 Å². The maximum absolute atomic E-state index is 5.89. The molecule has 2 aliphatic rings. The first kappa shape index (κ1) is 14.3. The lowest BCUT2D eigenvalue weighted by Crippen LogP contribution is -2.39. The monoisotopic (exact) mass is 343 g/mol. The maximum Gasteiger partial charge on any atom is 0.229 e. The van der Waals surface area contributed by atoms with Crippen LogP contribution in [-0.2, 0) is 4.74 Å². The number of thiophene rings is 1. The van der Waals surface area contributed by atoms with E-state index in [0.29, 0.717) is 24.9 Å². The van der Waals surface area contributed by atoms with Crippen LogP contribution < -0.4 is 4.90 Å². The highest BCUT2D eigenvalue weighted by Gasteiger charge is 2.33. The topological polar surface area (TPSA) is 77.2 Å². The fourth-order valence-corrected chi connectivity index (χ4v) is 3.99. The Kier molecular flexibility index (Phi) is 3.27. The summed E-state index contributed by atoms with van der Waals surface area (Å²) in [4.78, 5) is 16.7. The second-order valence-electron chi connectivity index (χ2n) is 6.37. The Morgan fingerprint density at radius 1 is 1.29 bits per heavy atom. The minimum absolute atomic E-state index is 0.182. The third-order valence-corrected chi connectivity index (χ3v) is 5.58.